The monoisotopic (exact) mass is 604 g/mol. The second kappa shape index (κ2) is 10.7. The van der Waals surface area contributed by atoms with Crippen molar-refractivity contribution in [3.05, 3.63) is 186 Å². The SMILES string of the molecule is CC1(C)c2cc(N(c3ccccc3)c3ccccc3)ccc2-c2cc3c(cc21)N(c1cccc(-c2ccccc2)c1)C1=CC=CCC13. The molecule has 1 heterocycles. The largest absolute Gasteiger partial charge is 0.313 e. The fourth-order valence-corrected chi connectivity index (χ4v) is 8.00. The maximum Gasteiger partial charge on any atom is 0.0501 e. The van der Waals surface area contributed by atoms with Crippen molar-refractivity contribution in [1.82, 2.24) is 0 Å². The van der Waals surface area contributed by atoms with Crippen molar-refractivity contribution < 1.29 is 0 Å². The molecule has 6 aromatic rings. The number of benzene rings is 6. The van der Waals surface area contributed by atoms with Crippen molar-refractivity contribution in [2.75, 3.05) is 9.80 Å². The molecule has 2 aliphatic carbocycles. The van der Waals surface area contributed by atoms with Gasteiger partial charge in [0, 0.05) is 39.8 Å². The zero-order valence-electron chi connectivity index (χ0n) is 26.8. The Kier molecular flexibility index (Phi) is 6.33. The molecule has 0 spiro atoms. The lowest BCUT2D eigenvalue weighted by Gasteiger charge is -2.28. The van der Waals surface area contributed by atoms with Crippen LogP contribution in [-0.2, 0) is 5.41 Å². The lowest BCUT2D eigenvalue weighted by atomic mass is 9.81. The van der Waals surface area contributed by atoms with Gasteiger partial charge < -0.3 is 9.80 Å². The van der Waals surface area contributed by atoms with Crippen molar-refractivity contribution in [3.63, 3.8) is 0 Å². The maximum atomic E-state index is 2.52. The lowest BCUT2D eigenvalue weighted by Crippen LogP contribution is -2.18. The number of allylic oxidation sites excluding steroid dienone is 4. The molecule has 9 rings (SSSR count). The van der Waals surface area contributed by atoms with E-state index in [0.717, 1.165) is 17.8 Å². The molecule has 3 aliphatic rings. The van der Waals surface area contributed by atoms with Crippen LogP contribution in [0.3, 0.4) is 0 Å². The number of nitrogens with zero attached hydrogens (tertiary/aromatic N) is 2. The van der Waals surface area contributed by atoms with Gasteiger partial charge in [0.1, 0.15) is 0 Å². The minimum atomic E-state index is -0.160. The quantitative estimate of drug-likeness (QED) is 0.193. The summed E-state index contributed by atoms with van der Waals surface area (Å²) in [5, 5.41) is 0. The average Bonchev–Trinajstić information content (AvgIpc) is 3.57. The smallest absolute Gasteiger partial charge is 0.0501 e. The van der Waals surface area contributed by atoms with E-state index in [1.165, 1.54) is 61.7 Å². The summed E-state index contributed by atoms with van der Waals surface area (Å²) in [4.78, 5) is 4.89. The topological polar surface area (TPSA) is 6.48 Å². The second-order valence-corrected chi connectivity index (χ2v) is 13.4. The van der Waals surface area contributed by atoms with Crippen LogP contribution < -0.4 is 9.80 Å². The van der Waals surface area contributed by atoms with Crippen LogP contribution >= 0.6 is 0 Å². The van der Waals surface area contributed by atoms with Gasteiger partial charge in [0.25, 0.3) is 0 Å². The molecule has 2 nitrogen and oxygen atoms in total. The minimum Gasteiger partial charge on any atom is -0.313 e. The first-order chi connectivity index (χ1) is 23.1. The molecule has 0 saturated carbocycles. The Hall–Kier alpha value is -5.60. The molecule has 0 radical (unpaired) electrons. The third kappa shape index (κ3) is 4.40. The fourth-order valence-electron chi connectivity index (χ4n) is 8.00. The van der Waals surface area contributed by atoms with Gasteiger partial charge >= 0.3 is 0 Å². The molecule has 0 aromatic heterocycles. The molecule has 0 saturated heterocycles. The number of hydrogen-bond acceptors (Lipinski definition) is 2. The number of rotatable bonds is 5. The van der Waals surface area contributed by atoms with Crippen molar-refractivity contribution >= 4 is 28.4 Å². The van der Waals surface area contributed by atoms with E-state index in [1.807, 2.05) is 0 Å². The van der Waals surface area contributed by atoms with Gasteiger partial charge in [-0.25, -0.2) is 0 Å². The van der Waals surface area contributed by atoms with Gasteiger partial charge in [0.15, 0.2) is 0 Å². The van der Waals surface area contributed by atoms with E-state index in [0.29, 0.717) is 5.92 Å². The number of para-hydroxylation sites is 2. The van der Waals surface area contributed by atoms with Crippen LogP contribution in [0, 0.1) is 0 Å². The summed E-state index contributed by atoms with van der Waals surface area (Å²) in [6.07, 6.45) is 7.89. The maximum absolute atomic E-state index is 2.52. The summed E-state index contributed by atoms with van der Waals surface area (Å²) in [7, 11) is 0. The van der Waals surface area contributed by atoms with E-state index >= 15 is 0 Å². The highest BCUT2D eigenvalue weighted by atomic mass is 15.2. The zero-order valence-corrected chi connectivity index (χ0v) is 26.8. The molecular weight excluding hydrogens is 569 g/mol. The predicted octanol–water partition coefficient (Wildman–Crippen LogP) is 12.2. The van der Waals surface area contributed by atoms with Crippen LogP contribution in [0.25, 0.3) is 22.3 Å². The third-order valence-corrected chi connectivity index (χ3v) is 10.3. The van der Waals surface area contributed by atoms with Gasteiger partial charge in [-0.15, -0.1) is 0 Å². The number of fused-ring (bicyclic) bond motifs is 6. The Balaban J connectivity index is 1.18. The van der Waals surface area contributed by atoms with Gasteiger partial charge in [-0.3, -0.25) is 0 Å². The predicted molar refractivity (Wildman–Crippen MR) is 197 cm³/mol. The van der Waals surface area contributed by atoms with Crippen molar-refractivity contribution in [1.29, 1.82) is 0 Å². The van der Waals surface area contributed by atoms with E-state index in [4.69, 9.17) is 0 Å². The van der Waals surface area contributed by atoms with Crippen LogP contribution in [0.1, 0.15) is 42.9 Å². The first-order valence-electron chi connectivity index (χ1n) is 16.6. The van der Waals surface area contributed by atoms with Crippen molar-refractivity contribution in [2.45, 2.75) is 31.6 Å². The first-order valence-corrected chi connectivity index (χ1v) is 16.6. The summed E-state index contributed by atoms with van der Waals surface area (Å²) in [6.45, 7) is 4.79. The normalized spacial score (nSPS) is 16.6. The Morgan fingerprint density at radius 3 is 1.98 bits per heavy atom. The summed E-state index contributed by atoms with van der Waals surface area (Å²) in [5.41, 5.74) is 16.6. The third-order valence-electron chi connectivity index (χ3n) is 10.3. The lowest BCUT2D eigenvalue weighted by molar-refractivity contribution is 0.660. The molecule has 47 heavy (non-hydrogen) atoms. The van der Waals surface area contributed by atoms with E-state index in [1.54, 1.807) is 0 Å². The Bertz CT molecular complexity index is 2150. The van der Waals surface area contributed by atoms with Gasteiger partial charge in [-0.05, 0) is 112 Å². The molecule has 0 N–H and O–H groups in total. The van der Waals surface area contributed by atoms with E-state index in [-0.39, 0.29) is 5.41 Å². The second-order valence-electron chi connectivity index (χ2n) is 13.4. The Labute approximate surface area is 277 Å². The molecular formula is C45H36N2. The molecule has 0 bridgehead atoms. The molecule has 226 valence electrons. The summed E-state index contributed by atoms with van der Waals surface area (Å²) in [5.74, 6) is 0.346. The molecule has 1 unspecified atom stereocenters. The summed E-state index contributed by atoms with van der Waals surface area (Å²) in [6, 6.07) is 53.2. The standard InChI is InChI=1S/C45H36N2/c1-45(2)41-28-36(46(33-18-8-4-9-19-33)34-20-10-5-11-21-34)25-26-37(41)39-29-40-38-23-12-13-24-43(38)47(44(40)30-42(39)45)35-22-14-17-32(27-35)31-15-6-3-7-16-31/h3-22,24-30,38H,23H2,1-2H3. The Morgan fingerprint density at radius 2 is 1.26 bits per heavy atom. The minimum absolute atomic E-state index is 0.160. The Morgan fingerprint density at radius 1 is 0.596 bits per heavy atom. The molecule has 2 heteroatoms. The fraction of sp³-hybridized carbons (Fsp3) is 0.111. The van der Waals surface area contributed by atoms with Gasteiger partial charge in [-0.2, -0.15) is 0 Å². The molecule has 1 aliphatic heterocycles. The van der Waals surface area contributed by atoms with E-state index < -0.39 is 0 Å². The van der Waals surface area contributed by atoms with Gasteiger partial charge in [-0.1, -0.05) is 111 Å². The highest BCUT2D eigenvalue weighted by molar-refractivity contribution is 5.91. The zero-order chi connectivity index (χ0) is 31.5. The van der Waals surface area contributed by atoms with E-state index in [2.05, 4.69) is 187 Å². The highest BCUT2D eigenvalue weighted by Gasteiger charge is 2.41. The van der Waals surface area contributed by atoms with Crippen molar-refractivity contribution in [3.8, 4) is 22.3 Å². The van der Waals surface area contributed by atoms with Crippen LogP contribution in [0.4, 0.5) is 28.4 Å². The molecule has 0 amide bonds. The van der Waals surface area contributed by atoms with Gasteiger partial charge in [0.2, 0.25) is 0 Å². The average molecular weight is 605 g/mol. The van der Waals surface area contributed by atoms with Gasteiger partial charge in [0.05, 0.1) is 5.69 Å². The molecule has 6 aromatic carbocycles. The van der Waals surface area contributed by atoms with Crippen LogP contribution in [-0.4, -0.2) is 0 Å². The van der Waals surface area contributed by atoms with E-state index in [9.17, 15) is 0 Å². The number of hydrogen-bond donors (Lipinski definition) is 0. The number of anilines is 5. The van der Waals surface area contributed by atoms with Crippen LogP contribution in [0.2, 0.25) is 0 Å². The highest BCUT2D eigenvalue weighted by Crippen LogP contribution is 2.57. The molecule has 0 fully saturated rings. The summed E-state index contributed by atoms with van der Waals surface area (Å²) < 4.78 is 0. The van der Waals surface area contributed by atoms with Crippen LogP contribution in [0.5, 0.6) is 0 Å². The molecule has 1 atom stereocenters. The first kappa shape index (κ1) is 27.7. The summed E-state index contributed by atoms with van der Waals surface area (Å²) >= 11 is 0. The van der Waals surface area contributed by atoms with Crippen LogP contribution in [0.15, 0.2) is 170 Å². The van der Waals surface area contributed by atoms with Crippen molar-refractivity contribution in [2.24, 2.45) is 0 Å².